The quantitative estimate of drug-likeness (QED) is 0.0259. The van der Waals surface area contributed by atoms with E-state index in [1.165, 1.54) is 186 Å². The van der Waals surface area contributed by atoms with Gasteiger partial charge in [-0.3, -0.25) is 4.79 Å². The molecule has 12 atom stereocenters. The number of hydrogen-bond donors (Lipinski definition) is 9. The van der Waals surface area contributed by atoms with Gasteiger partial charge in [-0.15, -0.1) is 0 Å². The molecule has 2 heterocycles. The van der Waals surface area contributed by atoms with Gasteiger partial charge in [-0.2, -0.15) is 0 Å². The van der Waals surface area contributed by atoms with E-state index < -0.39 is 86.8 Å². The van der Waals surface area contributed by atoms with E-state index in [9.17, 15) is 45.6 Å². The van der Waals surface area contributed by atoms with E-state index in [2.05, 4.69) is 19.2 Å². The molecule has 14 nitrogen and oxygen atoms in total. The van der Waals surface area contributed by atoms with Gasteiger partial charge in [0.2, 0.25) is 5.91 Å². The molecule has 0 aromatic carbocycles. The summed E-state index contributed by atoms with van der Waals surface area (Å²) in [6.45, 7) is 2.81. The number of amides is 1. The van der Waals surface area contributed by atoms with Gasteiger partial charge < -0.3 is 65.1 Å². The summed E-state index contributed by atoms with van der Waals surface area (Å²) in [5.41, 5.74) is 0. The molecular formula is C58H113NO13. The Bertz CT molecular complexity index is 1220. The van der Waals surface area contributed by atoms with Crippen molar-refractivity contribution in [1.29, 1.82) is 0 Å². The Morgan fingerprint density at radius 1 is 0.444 bits per heavy atom. The van der Waals surface area contributed by atoms with Crippen LogP contribution in [0.4, 0.5) is 0 Å². The van der Waals surface area contributed by atoms with Crippen LogP contribution in [-0.4, -0.2) is 140 Å². The number of carbonyl (C=O) groups excluding carboxylic acids is 1. The Morgan fingerprint density at radius 3 is 1.18 bits per heavy atom. The molecule has 2 rings (SSSR count). The van der Waals surface area contributed by atoms with E-state index in [1.54, 1.807) is 0 Å². The summed E-state index contributed by atoms with van der Waals surface area (Å²) in [7, 11) is 0. The smallest absolute Gasteiger partial charge is 0.220 e. The van der Waals surface area contributed by atoms with Crippen LogP contribution in [0.5, 0.6) is 0 Å². The predicted octanol–water partition coefficient (Wildman–Crippen LogP) is 10.1. The minimum absolute atomic E-state index is 0.212. The van der Waals surface area contributed by atoms with Crippen LogP contribution in [0, 0.1) is 0 Å². The van der Waals surface area contributed by atoms with Gasteiger partial charge in [-0.05, 0) is 12.8 Å². The number of nitrogens with one attached hydrogen (secondary N) is 1. The lowest BCUT2D eigenvalue weighted by molar-refractivity contribution is -0.359. The monoisotopic (exact) mass is 1030 g/mol. The molecule has 2 fully saturated rings. The molecule has 0 bridgehead atoms. The zero-order chi connectivity index (χ0) is 52.4. The molecule has 0 spiro atoms. The third-order valence-electron chi connectivity index (χ3n) is 15.3. The Kier molecular flexibility index (Phi) is 42.0. The zero-order valence-corrected chi connectivity index (χ0v) is 46.0. The molecule has 12 unspecified atom stereocenters. The average molecular weight is 1030 g/mol. The van der Waals surface area contributed by atoms with Crippen LogP contribution in [0.1, 0.15) is 271 Å². The van der Waals surface area contributed by atoms with Crippen LogP contribution in [0.2, 0.25) is 0 Å². The lowest BCUT2D eigenvalue weighted by Crippen LogP contribution is -2.65. The minimum atomic E-state index is -1.78. The van der Waals surface area contributed by atoms with Crippen molar-refractivity contribution in [2.45, 2.75) is 344 Å². The van der Waals surface area contributed by atoms with E-state index in [1.807, 2.05) is 0 Å². The first kappa shape index (κ1) is 67.1. The molecule has 2 aliphatic rings. The number of aliphatic hydroxyl groups is 8. The number of aliphatic hydroxyl groups excluding tert-OH is 8. The molecule has 9 N–H and O–H groups in total. The Balaban J connectivity index is 1.56. The molecule has 0 radical (unpaired) electrons. The Morgan fingerprint density at radius 2 is 0.792 bits per heavy atom. The van der Waals surface area contributed by atoms with Crippen LogP contribution < -0.4 is 5.32 Å². The van der Waals surface area contributed by atoms with Crippen molar-refractivity contribution in [3.63, 3.8) is 0 Å². The third-order valence-corrected chi connectivity index (χ3v) is 15.3. The number of ether oxygens (including phenoxy) is 4. The van der Waals surface area contributed by atoms with Gasteiger partial charge in [-0.25, -0.2) is 0 Å². The van der Waals surface area contributed by atoms with Crippen LogP contribution >= 0.6 is 0 Å². The van der Waals surface area contributed by atoms with Gasteiger partial charge in [0.25, 0.3) is 0 Å². The zero-order valence-electron chi connectivity index (χ0n) is 46.0. The minimum Gasteiger partial charge on any atom is -0.394 e. The lowest BCUT2D eigenvalue weighted by Gasteiger charge is -2.46. The maximum absolute atomic E-state index is 13.0. The molecule has 2 saturated heterocycles. The highest BCUT2D eigenvalue weighted by molar-refractivity contribution is 5.76. The summed E-state index contributed by atoms with van der Waals surface area (Å²) in [5.74, 6) is -0.212. The van der Waals surface area contributed by atoms with Gasteiger partial charge >= 0.3 is 0 Å². The van der Waals surface area contributed by atoms with Crippen LogP contribution in [0.15, 0.2) is 0 Å². The molecule has 2 aliphatic heterocycles. The number of carbonyl (C=O) groups is 1. The fraction of sp³-hybridized carbons (Fsp3) is 0.983. The van der Waals surface area contributed by atoms with E-state index >= 15 is 0 Å². The van der Waals surface area contributed by atoms with E-state index in [-0.39, 0.29) is 12.5 Å². The molecule has 72 heavy (non-hydrogen) atoms. The molecule has 14 heteroatoms. The summed E-state index contributed by atoms with van der Waals surface area (Å²) in [5, 5.41) is 86.8. The lowest BCUT2D eigenvalue weighted by atomic mass is 9.97. The summed E-state index contributed by atoms with van der Waals surface area (Å²) in [6.07, 6.45) is 33.3. The predicted molar refractivity (Wildman–Crippen MR) is 286 cm³/mol. The summed E-state index contributed by atoms with van der Waals surface area (Å²) in [4.78, 5) is 13.0. The van der Waals surface area contributed by atoms with Crippen molar-refractivity contribution >= 4 is 5.91 Å². The van der Waals surface area contributed by atoms with Crippen molar-refractivity contribution < 1.29 is 64.6 Å². The van der Waals surface area contributed by atoms with Crippen LogP contribution in [0.25, 0.3) is 0 Å². The molecule has 428 valence electrons. The summed E-state index contributed by atoms with van der Waals surface area (Å²) >= 11 is 0. The van der Waals surface area contributed by atoms with Gasteiger partial charge in [0.1, 0.15) is 48.8 Å². The highest BCUT2D eigenvalue weighted by Crippen LogP contribution is 2.30. The SMILES string of the molecule is CCCCCCCCCCCCCCCCCCCCCCCCCCCCCCCCCCC(O)C(COC1OC(CO)C(OC2OC(CO)C(O)C(O)C2O)C(O)C1O)NC(=O)CCCCCCCC. The first-order valence-corrected chi connectivity index (χ1v) is 30.3. The van der Waals surface area contributed by atoms with E-state index in [0.717, 1.165) is 57.8 Å². The van der Waals surface area contributed by atoms with Crippen LogP contribution in [0.3, 0.4) is 0 Å². The third kappa shape index (κ3) is 30.7. The Labute approximate surface area is 438 Å². The highest BCUT2D eigenvalue weighted by atomic mass is 16.7. The number of rotatable bonds is 49. The largest absolute Gasteiger partial charge is 0.394 e. The van der Waals surface area contributed by atoms with Crippen molar-refractivity contribution in [3.8, 4) is 0 Å². The molecule has 0 aromatic rings. The topological polar surface area (TPSA) is 228 Å². The Hall–Kier alpha value is -1.01. The standard InChI is InChI=1S/C58H113NO13/c1-3-5-7-9-11-12-13-14-15-16-17-18-19-20-21-22-23-24-25-26-27-28-29-30-31-32-33-34-35-36-37-39-41-47(62)46(59-50(63)42-40-38-10-8-6-4-2)45-69-57-55(68)53(66)56(49(44-61)71-57)72-58-54(67)52(65)51(64)48(43-60)70-58/h46-49,51-58,60-62,64-68H,3-45H2,1-2H3,(H,59,63). The normalized spacial score (nSPS) is 25.5. The number of unbranched alkanes of at least 4 members (excludes halogenated alkanes) is 36. The maximum atomic E-state index is 13.0. The maximum Gasteiger partial charge on any atom is 0.220 e. The molecular weight excluding hydrogens is 919 g/mol. The first-order valence-electron chi connectivity index (χ1n) is 30.3. The van der Waals surface area contributed by atoms with Crippen molar-refractivity contribution in [3.05, 3.63) is 0 Å². The highest BCUT2D eigenvalue weighted by Gasteiger charge is 2.51. The van der Waals surface area contributed by atoms with Crippen molar-refractivity contribution in [1.82, 2.24) is 5.32 Å². The fourth-order valence-corrected chi connectivity index (χ4v) is 10.4. The van der Waals surface area contributed by atoms with Gasteiger partial charge in [0.05, 0.1) is 32.0 Å². The second-order valence-electron chi connectivity index (χ2n) is 21.8. The average Bonchev–Trinajstić information content (AvgIpc) is 3.38. The van der Waals surface area contributed by atoms with E-state index in [0.29, 0.717) is 12.8 Å². The first-order chi connectivity index (χ1) is 35.1. The molecule has 0 aromatic heterocycles. The summed E-state index contributed by atoms with van der Waals surface area (Å²) in [6, 6.07) is -0.820. The van der Waals surface area contributed by atoms with Gasteiger partial charge in [-0.1, -0.05) is 251 Å². The van der Waals surface area contributed by atoms with E-state index in [4.69, 9.17) is 18.9 Å². The number of hydrogen-bond acceptors (Lipinski definition) is 13. The van der Waals surface area contributed by atoms with Gasteiger partial charge in [0.15, 0.2) is 12.6 Å². The molecule has 0 aliphatic carbocycles. The van der Waals surface area contributed by atoms with Crippen molar-refractivity contribution in [2.24, 2.45) is 0 Å². The summed E-state index contributed by atoms with van der Waals surface area (Å²) < 4.78 is 22.7. The second kappa shape index (κ2) is 45.1. The van der Waals surface area contributed by atoms with Crippen molar-refractivity contribution in [2.75, 3.05) is 19.8 Å². The molecule has 1 amide bonds. The molecule has 0 saturated carbocycles. The second-order valence-corrected chi connectivity index (χ2v) is 21.8. The van der Waals surface area contributed by atoms with Crippen LogP contribution in [-0.2, 0) is 23.7 Å². The van der Waals surface area contributed by atoms with Gasteiger partial charge in [0, 0.05) is 6.42 Å². The fourth-order valence-electron chi connectivity index (χ4n) is 10.4.